The first-order chi connectivity index (χ1) is 15.6. The highest BCUT2D eigenvalue weighted by Gasteiger charge is 2.20. The van der Waals surface area contributed by atoms with E-state index in [1.165, 1.54) is 18.2 Å². The molecule has 1 amide bonds. The molecule has 1 heterocycles. The Bertz CT molecular complexity index is 1360. The predicted octanol–water partition coefficient (Wildman–Crippen LogP) is 4.31. The van der Waals surface area contributed by atoms with E-state index in [0.717, 1.165) is 11.1 Å². The van der Waals surface area contributed by atoms with Gasteiger partial charge in [-0.3, -0.25) is 4.79 Å². The van der Waals surface area contributed by atoms with Gasteiger partial charge in [0.1, 0.15) is 23.0 Å². The summed E-state index contributed by atoms with van der Waals surface area (Å²) < 4.78 is 5.22. The van der Waals surface area contributed by atoms with Crippen LogP contribution in [0, 0.1) is 11.3 Å². The van der Waals surface area contributed by atoms with Crippen LogP contribution in [-0.2, 0) is 4.79 Å². The first-order valence-corrected chi connectivity index (χ1v) is 9.85. The highest BCUT2D eigenvalue weighted by Crippen LogP contribution is 2.29. The van der Waals surface area contributed by atoms with Crippen LogP contribution in [0.25, 0.3) is 17.0 Å². The van der Waals surface area contributed by atoms with Crippen molar-refractivity contribution in [2.24, 2.45) is 0 Å². The van der Waals surface area contributed by atoms with Gasteiger partial charge in [0.2, 0.25) is 0 Å². The normalized spacial score (nSPS) is 11.3. The van der Waals surface area contributed by atoms with E-state index in [2.05, 4.69) is 5.32 Å². The molecule has 32 heavy (non-hydrogen) atoms. The molecule has 1 aromatic heterocycles. The molecule has 0 atom stereocenters. The minimum Gasteiger partial charge on any atom is -0.507 e. The zero-order valence-corrected chi connectivity index (χ0v) is 16.9. The van der Waals surface area contributed by atoms with Gasteiger partial charge in [-0.2, -0.15) is 5.26 Å². The minimum absolute atomic E-state index is 0.0860. The largest absolute Gasteiger partial charge is 0.507 e. The van der Waals surface area contributed by atoms with E-state index >= 15 is 0 Å². The summed E-state index contributed by atoms with van der Waals surface area (Å²) in [6.07, 6.45) is 1.23. The molecule has 6 nitrogen and oxygen atoms in total. The van der Waals surface area contributed by atoms with Crippen LogP contribution >= 0.6 is 0 Å². The third-order valence-corrected chi connectivity index (χ3v) is 5.00. The van der Waals surface area contributed by atoms with Gasteiger partial charge in [-0.15, -0.1) is 0 Å². The third kappa shape index (κ3) is 4.27. The summed E-state index contributed by atoms with van der Waals surface area (Å²) in [6.45, 7) is 0. The maximum Gasteiger partial charge on any atom is 0.336 e. The van der Waals surface area contributed by atoms with Crippen molar-refractivity contribution in [2.75, 3.05) is 0 Å². The van der Waals surface area contributed by atoms with Gasteiger partial charge in [-0.05, 0) is 35.4 Å². The van der Waals surface area contributed by atoms with Gasteiger partial charge in [-0.1, -0.05) is 60.7 Å². The molecule has 0 radical (unpaired) electrons. The van der Waals surface area contributed by atoms with E-state index in [1.807, 2.05) is 66.7 Å². The Balaban J connectivity index is 1.74. The van der Waals surface area contributed by atoms with Crippen LogP contribution in [0.1, 0.15) is 22.7 Å². The summed E-state index contributed by atoms with van der Waals surface area (Å²) >= 11 is 0. The lowest BCUT2D eigenvalue weighted by atomic mass is 9.98. The lowest BCUT2D eigenvalue weighted by Crippen LogP contribution is -2.30. The second-order valence-electron chi connectivity index (χ2n) is 7.07. The zero-order chi connectivity index (χ0) is 22.5. The molecule has 0 bridgehead atoms. The van der Waals surface area contributed by atoms with Crippen LogP contribution in [0.5, 0.6) is 5.75 Å². The standard InChI is InChI=1S/C26H18N2O4/c27-16-20(15-21-22(29)13-11-19-12-14-23(30)32-25(19)21)26(31)28-24(17-7-3-1-4-8-17)18-9-5-2-6-10-18/h1-15,24,29H,(H,28,31)/b20-15+. The number of carbonyl (C=O) groups is 1. The molecule has 0 aliphatic heterocycles. The number of aromatic hydroxyl groups is 1. The summed E-state index contributed by atoms with van der Waals surface area (Å²) in [5.41, 5.74) is 1.04. The molecule has 6 heteroatoms. The quantitative estimate of drug-likeness (QED) is 0.283. The number of nitrogens with zero attached hydrogens (tertiary/aromatic N) is 1. The van der Waals surface area contributed by atoms with Crippen molar-refractivity contribution < 1.29 is 14.3 Å². The van der Waals surface area contributed by atoms with Gasteiger partial charge in [0.15, 0.2) is 0 Å². The van der Waals surface area contributed by atoms with Gasteiger partial charge < -0.3 is 14.8 Å². The number of phenolic OH excluding ortho intramolecular Hbond substituents is 1. The maximum absolute atomic E-state index is 13.1. The Morgan fingerprint density at radius 1 is 0.938 bits per heavy atom. The van der Waals surface area contributed by atoms with E-state index in [4.69, 9.17) is 4.42 Å². The third-order valence-electron chi connectivity index (χ3n) is 5.00. The molecule has 0 fully saturated rings. The molecule has 4 aromatic rings. The number of nitrogens with one attached hydrogen (secondary N) is 1. The molecule has 0 unspecified atom stereocenters. The Morgan fingerprint density at radius 2 is 1.53 bits per heavy atom. The van der Waals surface area contributed by atoms with E-state index < -0.39 is 17.6 Å². The molecule has 0 saturated heterocycles. The van der Waals surface area contributed by atoms with Crippen LogP contribution in [0.2, 0.25) is 0 Å². The van der Waals surface area contributed by atoms with E-state index in [9.17, 15) is 20.0 Å². The number of benzene rings is 3. The highest BCUT2D eigenvalue weighted by molar-refractivity contribution is 6.04. The molecule has 0 aliphatic carbocycles. The van der Waals surface area contributed by atoms with Crippen molar-refractivity contribution in [3.8, 4) is 11.8 Å². The summed E-state index contributed by atoms with van der Waals surface area (Å²) in [5.74, 6) is -0.838. The summed E-state index contributed by atoms with van der Waals surface area (Å²) in [5, 5.41) is 23.4. The summed E-state index contributed by atoms with van der Waals surface area (Å²) in [4.78, 5) is 24.8. The number of fused-ring (bicyclic) bond motifs is 1. The lowest BCUT2D eigenvalue weighted by molar-refractivity contribution is -0.117. The van der Waals surface area contributed by atoms with E-state index in [1.54, 1.807) is 12.1 Å². The Kier molecular flexibility index (Phi) is 5.82. The molecule has 3 aromatic carbocycles. The fourth-order valence-corrected chi connectivity index (χ4v) is 3.43. The van der Waals surface area contributed by atoms with Gasteiger partial charge in [-0.25, -0.2) is 4.79 Å². The van der Waals surface area contributed by atoms with Gasteiger partial charge in [0, 0.05) is 11.5 Å². The molecule has 4 rings (SSSR count). The van der Waals surface area contributed by atoms with E-state index in [0.29, 0.717) is 5.39 Å². The fraction of sp³-hybridized carbons (Fsp3) is 0.0385. The summed E-state index contributed by atoms with van der Waals surface area (Å²) in [6, 6.07) is 26.0. The average molecular weight is 422 g/mol. The van der Waals surface area contributed by atoms with Crippen LogP contribution in [0.3, 0.4) is 0 Å². The minimum atomic E-state index is -0.625. The number of hydrogen-bond donors (Lipinski definition) is 2. The predicted molar refractivity (Wildman–Crippen MR) is 121 cm³/mol. The monoisotopic (exact) mass is 422 g/mol. The van der Waals surface area contributed by atoms with Crippen LogP contribution in [-0.4, -0.2) is 11.0 Å². The second-order valence-corrected chi connectivity index (χ2v) is 7.07. The molecule has 156 valence electrons. The molecule has 2 N–H and O–H groups in total. The first kappa shape index (κ1) is 20.6. The Morgan fingerprint density at radius 3 is 2.12 bits per heavy atom. The fourth-order valence-electron chi connectivity index (χ4n) is 3.43. The average Bonchev–Trinajstić information content (AvgIpc) is 2.83. The van der Waals surface area contributed by atoms with Crippen LogP contribution in [0.15, 0.2) is 99.7 Å². The van der Waals surface area contributed by atoms with Crippen molar-refractivity contribution in [1.29, 1.82) is 5.26 Å². The molecule has 0 aliphatic rings. The van der Waals surface area contributed by atoms with Crippen molar-refractivity contribution in [3.63, 3.8) is 0 Å². The Labute approximate surface area is 183 Å². The Hall–Kier alpha value is -4.63. The smallest absolute Gasteiger partial charge is 0.336 e. The van der Waals surface area contributed by atoms with Crippen molar-refractivity contribution in [1.82, 2.24) is 5.32 Å². The van der Waals surface area contributed by atoms with Crippen molar-refractivity contribution in [3.05, 3.63) is 118 Å². The topological polar surface area (TPSA) is 103 Å². The number of amides is 1. The van der Waals surface area contributed by atoms with Crippen LogP contribution in [0.4, 0.5) is 0 Å². The van der Waals surface area contributed by atoms with Crippen molar-refractivity contribution in [2.45, 2.75) is 6.04 Å². The van der Waals surface area contributed by atoms with Gasteiger partial charge >= 0.3 is 5.63 Å². The number of rotatable bonds is 5. The van der Waals surface area contributed by atoms with E-state index in [-0.39, 0.29) is 22.5 Å². The highest BCUT2D eigenvalue weighted by atomic mass is 16.4. The zero-order valence-electron chi connectivity index (χ0n) is 16.9. The lowest BCUT2D eigenvalue weighted by Gasteiger charge is -2.19. The molecule has 0 saturated carbocycles. The van der Waals surface area contributed by atoms with Crippen LogP contribution < -0.4 is 10.9 Å². The number of carbonyl (C=O) groups excluding carboxylic acids is 1. The second kappa shape index (κ2) is 9.02. The number of phenols is 1. The SMILES string of the molecule is N#C/C(=C\c1c(O)ccc2ccc(=O)oc12)C(=O)NC(c1ccccc1)c1ccccc1. The molecular formula is C26H18N2O4. The summed E-state index contributed by atoms with van der Waals surface area (Å²) in [7, 11) is 0. The first-order valence-electron chi connectivity index (χ1n) is 9.85. The van der Waals surface area contributed by atoms with Crippen molar-refractivity contribution >= 4 is 23.0 Å². The van der Waals surface area contributed by atoms with Gasteiger partial charge in [0.05, 0.1) is 11.6 Å². The molecular weight excluding hydrogens is 404 g/mol. The number of hydrogen-bond acceptors (Lipinski definition) is 5. The maximum atomic E-state index is 13.1. The molecule has 0 spiro atoms. The van der Waals surface area contributed by atoms with Gasteiger partial charge in [0.25, 0.3) is 5.91 Å². The number of nitriles is 1.